The summed E-state index contributed by atoms with van der Waals surface area (Å²) in [5.74, 6) is 0. The number of likely N-dealkylation sites (N-methyl/N-ethyl adjacent to an activating group) is 1. The highest BCUT2D eigenvalue weighted by atomic mass is 32.1. The number of rotatable bonds is 9. The molecule has 0 radical (unpaired) electrons. The van der Waals surface area contributed by atoms with E-state index in [1.54, 1.807) is 11.3 Å². The second-order valence-corrected chi connectivity index (χ2v) is 5.19. The molecule has 0 aliphatic carbocycles. The van der Waals surface area contributed by atoms with Crippen molar-refractivity contribution >= 4 is 11.3 Å². The topological polar surface area (TPSA) is 15.3 Å². The Balaban J connectivity index is 2.37. The summed E-state index contributed by atoms with van der Waals surface area (Å²) in [5, 5.41) is 8.04. The largest absolute Gasteiger partial charge is 0.314 e. The first-order chi connectivity index (χ1) is 8.30. The smallest absolute Gasteiger partial charge is 0.0120 e. The molecule has 17 heavy (non-hydrogen) atoms. The lowest BCUT2D eigenvalue weighted by atomic mass is 10.1. The summed E-state index contributed by atoms with van der Waals surface area (Å²) in [6.07, 6.45) is 2.41. The van der Waals surface area contributed by atoms with Crippen LogP contribution in [0.2, 0.25) is 0 Å². The second-order valence-electron chi connectivity index (χ2n) is 4.41. The van der Waals surface area contributed by atoms with Crippen molar-refractivity contribution in [1.82, 2.24) is 10.2 Å². The zero-order valence-electron chi connectivity index (χ0n) is 11.4. The van der Waals surface area contributed by atoms with Crippen molar-refractivity contribution in [3.63, 3.8) is 0 Å². The Morgan fingerprint density at radius 1 is 1.29 bits per heavy atom. The average molecular weight is 254 g/mol. The van der Waals surface area contributed by atoms with E-state index >= 15 is 0 Å². The minimum Gasteiger partial charge on any atom is -0.314 e. The normalized spacial score (nSPS) is 13.2. The van der Waals surface area contributed by atoms with Crippen molar-refractivity contribution in [2.24, 2.45) is 0 Å². The van der Waals surface area contributed by atoms with Crippen molar-refractivity contribution in [1.29, 1.82) is 0 Å². The monoisotopic (exact) mass is 254 g/mol. The Hall–Kier alpha value is -0.380. The van der Waals surface area contributed by atoms with Crippen LogP contribution in [-0.2, 0) is 6.42 Å². The minimum atomic E-state index is 0.621. The minimum absolute atomic E-state index is 0.621. The molecule has 3 heteroatoms. The fraction of sp³-hybridized carbons (Fsp3) is 0.714. The van der Waals surface area contributed by atoms with Crippen LogP contribution in [0.5, 0.6) is 0 Å². The van der Waals surface area contributed by atoms with Gasteiger partial charge < -0.3 is 10.2 Å². The molecule has 0 bridgehead atoms. The summed E-state index contributed by atoms with van der Waals surface area (Å²) in [6.45, 7) is 11.3. The third-order valence-corrected chi connectivity index (χ3v) is 3.98. The maximum absolute atomic E-state index is 3.60. The van der Waals surface area contributed by atoms with Crippen molar-refractivity contribution in [2.75, 3.05) is 26.2 Å². The van der Waals surface area contributed by atoms with E-state index in [2.05, 4.69) is 47.8 Å². The van der Waals surface area contributed by atoms with Crippen molar-refractivity contribution < 1.29 is 0 Å². The van der Waals surface area contributed by atoms with Gasteiger partial charge in [-0.1, -0.05) is 20.8 Å². The first kappa shape index (κ1) is 14.7. The van der Waals surface area contributed by atoms with Gasteiger partial charge >= 0.3 is 0 Å². The van der Waals surface area contributed by atoms with Crippen LogP contribution in [0.15, 0.2) is 16.8 Å². The Labute approximate surface area is 110 Å². The molecule has 98 valence electrons. The van der Waals surface area contributed by atoms with Gasteiger partial charge in [0.2, 0.25) is 0 Å². The van der Waals surface area contributed by atoms with E-state index in [1.165, 1.54) is 24.9 Å². The third-order valence-electron chi connectivity index (χ3n) is 3.24. The van der Waals surface area contributed by atoms with E-state index in [4.69, 9.17) is 0 Å². The molecule has 1 N–H and O–H groups in total. The van der Waals surface area contributed by atoms with E-state index in [1.807, 2.05) is 0 Å². The molecule has 1 aromatic rings. The van der Waals surface area contributed by atoms with E-state index < -0.39 is 0 Å². The zero-order valence-corrected chi connectivity index (χ0v) is 12.2. The molecule has 0 aliphatic rings. The first-order valence-electron chi connectivity index (χ1n) is 6.76. The maximum Gasteiger partial charge on any atom is 0.0120 e. The molecule has 1 unspecified atom stereocenters. The van der Waals surface area contributed by atoms with Gasteiger partial charge in [0.15, 0.2) is 0 Å². The molecule has 1 rings (SSSR count). The van der Waals surface area contributed by atoms with Gasteiger partial charge in [-0.3, -0.25) is 0 Å². The summed E-state index contributed by atoms with van der Waals surface area (Å²) in [5.41, 5.74) is 1.47. The third kappa shape index (κ3) is 5.66. The van der Waals surface area contributed by atoms with Gasteiger partial charge in [-0.15, -0.1) is 0 Å². The highest BCUT2D eigenvalue weighted by Gasteiger charge is 2.10. The molecular formula is C14H26N2S. The molecule has 0 spiro atoms. The molecule has 0 aliphatic heterocycles. The SMILES string of the molecule is CCNC(CCN(CC)CC)Cc1ccsc1. The van der Waals surface area contributed by atoms with Crippen LogP contribution in [0.3, 0.4) is 0 Å². The van der Waals surface area contributed by atoms with Gasteiger partial charge in [-0.2, -0.15) is 11.3 Å². The fourth-order valence-electron chi connectivity index (χ4n) is 2.14. The number of thiophene rings is 1. The van der Waals surface area contributed by atoms with Crippen molar-refractivity contribution in [2.45, 2.75) is 39.7 Å². The summed E-state index contributed by atoms with van der Waals surface area (Å²) in [7, 11) is 0. The van der Waals surface area contributed by atoms with Crippen LogP contribution < -0.4 is 5.32 Å². The van der Waals surface area contributed by atoms with Gasteiger partial charge in [0.05, 0.1) is 0 Å². The summed E-state index contributed by atoms with van der Waals surface area (Å²) in [4.78, 5) is 2.50. The van der Waals surface area contributed by atoms with Crippen molar-refractivity contribution in [3.8, 4) is 0 Å². The predicted molar refractivity (Wildman–Crippen MR) is 77.9 cm³/mol. The van der Waals surface area contributed by atoms with Crippen LogP contribution in [0.1, 0.15) is 32.8 Å². The number of nitrogens with zero attached hydrogens (tertiary/aromatic N) is 1. The Bertz CT molecular complexity index is 268. The van der Waals surface area contributed by atoms with Gasteiger partial charge in [0.25, 0.3) is 0 Å². The number of hydrogen-bond acceptors (Lipinski definition) is 3. The molecule has 0 aromatic carbocycles. The lowest BCUT2D eigenvalue weighted by Gasteiger charge is -2.23. The molecule has 0 fully saturated rings. The van der Waals surface area contributed by atoms with E-state index in [0.717, 1.165) is 19.6 Å². The van der Waals surface area contributed by atoms with Gasteiger partial charge in [0, 0.05) is 6.04 Å². The van der Waals surface area contributed by atoms with Crippen LogP contribution in [0.4, 0.5) is 0 Å². The molecule has 1 atom stereocenters. The highest BCUT2D eigenvalue weighted by Crippen LogP contribution is 2.10. The standard InChI is InChI=1S/C14H26N2S/c1-4-15-14(7-9-16(5-2)6-3)11-13-8-10-17-12-13/h8,10,12,14-15H,4-7,9,11H2,1-3H3. The Morgan fingerprint density at radius 2 is 2.06 bits per heavy atom. The molecule has 0 saturated carbocycles. The molecule has 1 heterocycles. The van der Waals surface area contributed by atoms with Crippen LogP contribution in [0.25, 0.3) is 0 Å². The summed E-state index contributed by atoms with van der Waals surface area (Å²) in [6, 6.07) is 2.86. The maximum atomic E-state index is 3.60. The van der Waals surface area contributed by atoms with Gasteiger partial charge in [-0.25, -0.2) is 0 Å². The number of nitrogens with one attached hydrogen (secondary N) is 1. The van der Waals surface area contributed by atoms with Crippen LogP contribution in [-0.4, -0.2) is 37.1 Å². The molecule has 1 aromatic heterocycles. The number of hydrogen-bond donors (Lipinski definition) is 1. The fourth-order valence-corrected chi connectivity index (χ4v) is 2.82. The molecule has 0 saturated heterocycles. The van der Waals surface area contributed by atoms with Gasteiger partial charge in [0.1, 0.15) is 0 Å². The van der Waals surface area contributed by atoms with Crippen LogP contribution >= 0.6 is 11.3 Å². The zero-order chi connectivity index (χ0) is 12.5. The Morgan fingerprint density at radius 3 is 2.59 bits per heavy atom. The molecular weight excluding hydrogens is 228 g/mol. The quantitative estimate of drug-likeness (QED) is 0.729. The average Bonchev–Trinajstić information content (AvgIpc) is 2.83. The summed E-state index contributed by atoms with van der Waals surface area (Å²) >= 11 is 1.79. The lowest BCUT2D eigenvalue weighted by molar-refractivity contribution is 0.281. The van der Waals surface area contributed by atoms with E-state index in [0.29, 0.717) is 6.04 Å². The van der Waals surface area contributed by atoms with Crippen molar-refractivity contribution in [3.05, 3.63) is 22.4 Å². The molecule has 2 nitrogen and oxygen atoms in total. The van der Waals surface area contributed by atoms with E-state index in [9.17, 15) is 0 Å². The summed E-state index contributed by atoms with van der Waals surface area (Å²) < 4.78 is 0. The highest BCUT2D eigenvalue weighted by molar-refractivity contribution is 7.07. The molecule has 0 amide bonds. The van der Waals surface area contributed by atoms with E-state index in [-0.39, 0.29) is 0 Å². The first-order valence-corrected chi connectivity index (χ1v) is 7.71. The predicted octanol–water partition coefficient (Wildman–Crippen LogP) is 3.00. The Kier molecular flexibility index (Phi) is 7.49. The van der Waals surface area contributed by atoms with Crippen LogP contribution in [0, 0.1) is 0 Å². The lowest BCUT2D eigenvalue weighted by Crippen LogP contribution is -2.35. The van der Waals surface area contributed by atoms with Gasteiger partial charge in [-0.05, 0) is 61.4 Å². The second kappa shape index (κ2) is 8.67.